The molecule has 142 valence electrons. The first kappa shape index (κ1) is 20.2. The van der Waals surface area contributed by atoms with Gasteiger partial charge < -0.3 is 9.47 Å². The van der Waals surface area contributed by atoms with Crippen LogP contribution >= 0.6 is 0 Å². The van der Waals surface area contributed by atoms with E-state index in [1.54, 1.807) is 6.92 Å². The van der Waals surface area contributed by atoms with Crippen LogP contribution in [0, 0.1) is 5.41 Å². The van der Waals surface area contributed by atoms with Gasteiger partial charge in [0, 0.05) is 6.42 Å². The van der Waals surface area contributed by atoms with E-state index in [9.17, 15) is 9.59 Å². The number of hydrogen-bond donors (Lipinski definition) is 0. The van der Waals surface area contributed by atoms with Crippen molar-refractivity contribution in [2.75, 3.05) is 13.2 Å². The zero-order valence-electron chi connectivity index (χ0n) is 16.2. The minimum absolute atomic E-state index is 0.0782. The molecular formula is C22H30O4. The topological polar surface area (TPSA) is 52.6 Å². The molecule has 2 rings (SSSR count). The summed E-state index contributed by atoms with van der Waals surface area (Å²) in [7, 11) is 0. The van der Waals surface area contributed by atoms with Gasteiger partial charge in [0.15, 0.2) is 0 Å². The Hall–Kier alpha value is -2.10. The first-order valence-electron chi connectivity index (χ1n) is 9.49. The molecule has 2 atom stereocenters. The van der Waals surface area contributed by atoms with Crippen LogP contribution in [0.1, 0.15) is 74.7 Å². The quantitative estimate of drug-likeness (QED) is 0.334. The van der Waals surface area contributed by atoms with E-state index in [0.29, 0.717) is 23.3 Å². The Balaban J connectivity index is 1.85. The van der Waals surface area contributed by atoms with Crippen LogP contribution in [-0.4, -0.2) is 25.2 Å². The van der Waals surface area contributed by atoms with E-state index in [0.717, 1.165) is 6.42 Å². The summed E-state index contributed by atoms with van der Waals surface area (Å²) in [6, 6.07) is 7.73. The maximum atomic E-state index is 12.0. The van der Waals surface area contributed by atoms with E-state index >= 15 is 0 Å². The summed E-state index contributed by atoms with van der Waals surface area (Å²) in [5.74, 6) is -0.102. The third kappa shape index (κ3) is 5.20. The van der Waals surface area contributed by atoms with Gasteiger partial charge in [-0.15, -0.1) is 6.58 Å². The van der Waals surface area contributed by atoms with Crippen LogP contribution in [0.3, 0.4) is 0 Å². The Kier molecular flexibility index (Phi) is 7.01. The van der Waals surface area contributed by atoms with Crippen LogP contribution in [0.15, 0.2) is 36.4 Å². The van der Waals surface area contributed by atoms with Crippen LogP contribution in [0.25, 0.3) is 0 Å². The van der Waals surface area contributed by atoms with Crippen molar-refractivity contribution in [3.8, 4) is 0 Å². The molecule has 26 heavy (non-hydrogen) atoms. The number of allylic oxidation sites excluding steroid dienone is 1. The SMILES string of the molecule is C=C(C)CCC1(CC)CC1c1ccc(C(=O)OCCOC(=O)CC)cc1. The lowest BCUT2D eigenvalue weighted by molar-refractivity contribution is -0.144. The molecule has 1 fully saturated rings. The molecule has 0 aromatic heterocycles. The lowest BCUT2D eigenvalue weighted by Gasteiger charge is -2.15. The third-order valence-corrected chi connectivity index (χ3v) is 5.36. The molecule has 1 aliphatic rings. The summed E-state index contributed by atoms with van der Waals surface area (Å²) in [5, 5.41) is 0. The first-order chi connectivity index (χ1) is 12.4. The highest BCUT2D eigenvalue weighted by atomic mass is 16.6. The molecular weight excluding hydrogens is 328 g/mol. The highest BCUT2D eigenvalue weighted by Gasteiger charge is 2.52. The van der Waals surface area contributed by atoms with E-state index in [1.807, 2.05) is 24.3 Å². The third-order valence-electron chi connectivity index (χ3n) is 5.36. The summed E-state index contributed by atoms with van der Waals surface area (Å²) in [5.41, 5.74) is 3.46. The van der Waals surface area contributed by atoms with E-state index in [2.05, 4.69) is 20.4 Å². The number of ether oxygens (including phenoxy) is 2. The second-order valence-electron chi connectivity index (χ2n) is 7.26. The average Bonchev–Trinajstić information content (AvgIpc) is 3.38. The molecule has 0 amide bonds. The minimum Gasteiger partial charge on any atom is -0.462 e. The van der Waals surface area contributed by atoms with Crippen molar-refractivity contribution in [3.05, 3.63) is 47.5 Å². The van der Waals surface area contributed by atoms with Gasteiger partial charge in [0.1, 0.15) is 13.2 Å². The molecule has 4 heteroatoms. The highest BCUT2D eigenvalue weighted by Crippen LogP contribution is 2.64. The maximum absolute atomic E-state index is 12.0. The van der Waals surface area contributed by atoms with E-state index in [-0.39, 0.29) is 25.2 Å². The molecule has 2 unspecified atom stereocenters. The summed E-state index contributed by atoms with van der Waals surface area (Å²) in [6.45, 7) is 10.3. The normalized spacial score (nSPS) is 21.1. The molecule has 0 radical (unpaired) electrons. The van der Waals surface area contributed by atoms with Crippen molar-refractivity contribution in [1.82, 2.24) is 0 Å². The van der Waals surface area contributed by atoms with Crippen LogP contribution < -0.4 is 0 Å². The number of esters is 2. The Bertz CT molecular complexity index is 647. The molecule has 0 N–H and O–H groups in total. The minimum atomic E-state index is -0.385. The number of carbonyl (C=O) groups is 2. The van der Waals surface area contributed by atoms with Gasteiger partial charge in [-0.1, -0.05) is 31.6 Å². The number of rotatable bonds is 10. The number of benzene rings is 1. The molecule has 0 saturated heterocycles. The van der Waals surface area contributed by atoms with Gasteiger partial charge in [0.2, 0.25) is 0 Å². The zero-order valence-corrected chi connectivity index (χ0v) is 16.2. The van der Waals surface area contributed by atoms with Gasteiger partial charge in [-0.2, -0.15) is 0 Å². The van der Waals surface area contributed by atoms with Crippen LogP contribution in [0.4, 0.5) is 0 Å². The Morgan fingerprint density at radius 1 is 1.15 bits per heavy atom. The highest BCUT2D eigenvalue weighted by molar-refractivity contribution is 5.89. The average molecular weight is 358 g/mol. The molecule has 0 bridgehead atoms. The summed E-state index contributed by atoms with van der Waals surface area (Å²) in [6.07, 6.45) is 4.97. The van der Waals surface area contributed by atoms with Gasteiger partial charge in [0.05, 0.1) is 5.56 Å². The van der Waals surface area contributed by atoms with Crippen molar-refractivity contribution in [2.45, 2.75) is 58.8 Å². The summed E-state index contributed by atoms with van der Waals surface area (Å²) in [4.78, 5) is 23.1. The van der Waals surface area contributed by atoms with Crippen molar-refractivity contribution < 1.29 is 19.1 Å². The fourth-order valence-electron chi connectivity index (χ4n) is 3.45. The second kappa shape index (κ2) is 9.02. The van der Waals surface area contributed by atoms with Crippen LogP contribution in [0.2, 0.25) is 0 Å². The summed E-state index contributed by atoms with van der Waals surface area (Å²) < 4.78 is 10.0. The molecule has 1 saturated carbocycles. The molecule has 1 aromatic carbocycles. The van der Waals surface area contributed by atoms with Crippen molar-refractivity contribution >= 4 is 11.9 Å². The van der Waals surface area contributed by atoms with Gasteiger partial charge in [-0.25, -0.2) is 4.79 Å². The smallest absolute Gasteiger partial charge is 0.338 e. The van der Waals surface area contributed by atoms with Crippen LogP contribution in [-0.2, 0) is 14.3 Å². The van der Waals surface area contributed by atoms with Gasteiger partial charge in [-0.05, 0) is 61.6 Å². The first-order valence-corrected chi connectivity index (χ1v) is 9.49. The van der Waals surface area contributed by atoms with Crippen molar-refractivity contribution in [1.29, 1.82) is 0 Å². The predicted octanol–water partition coefficient (Wildman–Crippen LogP) is 5.04. The Morgan fingerprint density at radius 2 is 1.81 bits per heavy atom. The Labute approximate surface area is 156 Å². The second-order valence-corrected chi connectivity index (χ2v) is 7.26. The maximum Gasteiger partial charge on any atom is 0.338 e. The van der Waals surface area contributed by atoms with Crippen molar-refractivity contribution in [2.24, 2.45) is 5.41 Å². The Morgan fingerprint density at radius 3 is 2.38 bits per heavy atom. The predicted molar refractivity (Wildman–Crippen MR) is 102 cm³/mol. The van der Waals surface area contributed by atoms with E-state index in [4.69, 9.17) is 9.47 Å². The molecule has 1 aliphatic carbocycles. The number of carbonyl (C=O) groups excluding carboxylic acids is 2. The van der Waals surface area contributed by atoms with Crippen LogP contribution in [0.5, 0.6) is 0 Å². The molecule has 0 heterocycles. The zero-order chi connectivity index (χ0) is 19.2. The standard InChI is InChI=1S/C22H30O4/c1-5-20(23)25-13-14-26-21(24)18-9-7-17(8-10-18)19-15-22(19,6-2)12-11-16(3)4/h7-10,19H,3,5-6,11-15H2,1-2,4H3. The van der Waals surface area contributed by atoms with Gasteiger partial charge in [0.25, 0.3) is 0 Å². The fourth-order valence-corrected chi connectivity index (χ4v) is 3.45. The lowest BCUT2D eigenvalue weighted by Crippen LogP contribution is -2.13. The van der Waals surface area contributed by atoms with Crippen molar-refractivity contribution in [3.63, 3.8) is 0 Å². The molecule has 0 aliphatic heterocycles. The van der Waals surface area contributed by atoms with Gasteiger partial charge >= 0.3 is 11.9 Å². The van der Waals surface area contributed by atoms with E-state index < -0.39 is 0 Å². The summed E-state index contributed by atoms with van der Waals surface area (Å²) >= 11 is 0. The molecule has 0 spiro atoms. The molecule has 4 nitrogen and oxygen atoms in total. The lowest BCUT2D eigenvalue weighted by atomic mass is 9.90. The van der Waals surface area contributed by atoms with Gasteiger partial charge in [-0.3, -0.25) is 4.79 Å². The van der Waals surface area contributed by atoms with E-state index in [1.165, 1.54) is 30.4 Å². The molecule has 1 aromatic rings. The number of hydrogen-bond acceptors (Lipinski definition) is 4. The largest absolute Gasteiger partial charge is 0.462 e. The fraction of sp³-hybridized carbons (Fsp3) is 0.545. The monoisotopic (exact) mass is 358 g/mol.